The van der Waals surface area contributed by atoms with Gasteiger partial charge in [-0.2, -0.15) is 0 Å². The summed E-state index contributed by atoms with van der Waals surface area (Å²) in [4.78, 5) is 40.1. The number of aromatic nitrogens is 2. The molecule has 1 aromatic carbocycles. The van der Waals surface area contributed by atoms with E-state index in [1.165, 1.54) is 40.0 Å². The SMILES string of the molecule is O=C(OC1C[C@@H](n2cc(/C=C/Br)c(=O)[nH]c2=O)O[C@H]1CO)c1ccc(Cl)c(Cl)c1. The van der Waals surface area contributed by atoms with Crippen LogP contribution < -0.4 is 11.2 Å². The van der Waals surface area contributed by atoms with Crippen molar-refractivity contribution in [1.29, 1.82) is 0 Å². The molecule has 154 valence electrons. The Labute approximate surface area is 182 Å². The van der Waals surface area contributed by atoms with Crippen LogP contribution in [0.15, 0.2) is 39.0 Å². The van der Waals surface area contributed by atoms with Crippen molar-refractivity contribution in [2.45, 2.75) is 24.9 Å². The molecule has 0 saturated carbocycles. The molecule has 2 aromatic rings. The molecule has 0 amide bonds. The van der Waals surface area contributed by atoms with E-state index in [-0.39, 0.29) is 22.6 Å². The summed E-state index contributed by atoms with van der Waals surface area (Å²) in [6.07, 6.45) is 0.394. The largest absolute Gasteiger partial charge is 0.456 e. The van der Waals surface area contributed by atoms with Gasteiger partial charge < -0.3 is 14.6 Å². The van der Waals surface area contributed by atoms with Gasteiger partial charge in [0.25, 0.3) is 5.56 Å². The van der Waals surface area contributed by atoms with Crippen molar-refractivity contribution in [3.05, 3.63) is 71.4 Å². The molecule has 0 spiro atoms. The van der Waals surface area contributed by atoms with Crippen molar-refractivity contribution in [2.24, 2.45) is 0 Å². The van der Waals surface area contributed by atoms with Gasteiger partial charge in [0.15, 0.2) is 0 Å². The maximum atomic E-state index is 12.4. The monoisotopic (exact) mass is 504 g/mol. The van der Waals surface area contributed by atoms with Gasteiger partial charge in [0.1, 0.15) is 18.4 Å². The standard InChI is InChI=1S/C18H15BrCl2N2O6/c19-4-3-10-7-23(18(27)22-16(10)25)15-6-13(14(8-24)28-15)29-17(26)9-1-2-11(20)12(21)5-9/h1-5,7,13-15,24H,6,8H2,(H,22,25,27)/b4-3+/t13?,14-,15-/m0/s1. The maximum Gasteiger partial charge on any atom is 0.338 e. The van der Waals surface area contributed by atoms with Crippen molar-refractivity contribution >= 4 is 51.2 Å². The van der Waals surface area contributed by atoms with E-state index in [4.69, 9.17) is 32.7 Å². The van der Waals surface area contributed by atoms with E-state index in [1.807, 2.05) is 0 Å². The molecule has 3 rings (SSSR count). The predicted octanol–water partition coefficient (Wildman–Crippen LogP) is 2.71. The Balaban J connectivity index is 1.82. The highest BCUT2D eigenvalue weighted by molar-refractivity contribution is 9.11. The van der Waals surface area contributed by atoms with Crippen molar-refractivity contribution in [2.75, 3.05) is 6.61 Å². The molecule has 1 fully saturated rings. The number of hydrogen-bond acceptors (Lipinski definition) is 6. The molecule has 1 unspecified atom stereocenters. The van der Waals surface area contributed by atoms with Crippen LogP contribution in [0.2, 0.25) is 10.0 Å². The minimum Gasteiger partial charge on any atom is -0.456 e. The number of nitrogens with one attached hydrogen (secondary N) is 1. The zero-order valence-corrected chi connectivity index (χ0v) is 17.8. The third kappa shape index (κ3) is 4.81. The lowest BCUT2D eigenvalue weighted by molar-refractivity contribution is -0.0521. The summed E-state index contributed by atoms with van der Waals surface area (Å²) in [6, 6.07) is 4.30. The van der Waals surface area contributed by atoms with Crippen LogP contribution in [0.4, 0.5) is 0 Å². The zero-order valence-electron chi connectivity index (χ0n) is 14.7. The second-order valence-corrected chi connectivity index (χ2v) is 7.51. The normalized spacial score (nSPS) is 21.6. The molecule has 0 radical (unpaired) electrons. The van der Waals surface area contributed by atoms with E-state index in [0.717, 1.165) is 0 Å². The topological polar surface area (TPSA) is 111 Å². The molecule has 29 heavy (non-hydrogen) atoms. The Morgan fingerprint density at radius 1 is 1.38 bits per heavy atom. The van der Waals surface area contributed by atoms with Gasteiger partial charge in [-0.3, -0.25) is 14.3 Å². The molecule has 1 aromatic heterocycles. The number of H-pyrrole nitrogens is 1. The highest BCUT2D eigenvalue weighted by Gasteiger charge is 2.39. The molecule has 0 bridgehead atoms. The summed E-state index contributed by atoms with van der Waals surface area (Å²) in [7, 11) is 0. The molecule has 1 aliphatic rings. The van der Waals surface area contributed by atoms with E-state index in [2.05, 4.69) is 20.9 Å². The summed E-state index contributed by atoms with van der Waals surface area (Å²) < 4.78 is 12.3. The number of aromatic amines is 1. The summed E-state index contributed by atoms with van der Waals surface area (Å²) in [6.45, 7) is -0.428. The van der Waals surface area contributed by atoms with Gasteiger partial charge in [-0.1, -0.05) is 39.1 Å². The first-order chi connectivity index (χ1) is 13.8. The molecule has 1 saturated heterocycles. The third-order valence-electron chi connectivity index (χ3n) is 4.32. The molecule has 2 N–H and O–H groups in total. The van der Waals surface area contributed by atoms with Crippen molar-refractivity contribution < 1.29 is 19.4 Å². The van der Waals surface area contributed by atoms with Gasteiger partial charge in [0.05, 0.1) is 27.8 Å². The first-order valence-corrected chi connectivity index (χ1v) is 10.1. The van der Waals surface area contributed by atoms with Gasteiger partial charge >= 0.3 is 11.7 Å². The highest BCUT2D eigenvalue weighted by Crippen LogP contribution is 2.31. The first-order valence-electron chi connectivity index (χ1n) is 8.38. The fourth-order valence-electron chi connectivity index (χ4n) is 2.89. The summed E-state index contributed by atoms with van der Waals surface area (Å²) in [5.41, 5.74) is -0.825. The Bertz CT molecular complexity index is 1070. The van der Waals surface area contributed by atoms with Crippen molar-refractivity contribution in [1.82, 2.24) is 9.55 Å². The summed E-state index contributed by atoms with van der Waals surface area (Å²) in [5, 5.41) is 10.1. The number of rotatable bonds is 5. The quantitative estimate of drug-likeness (QED) is 0.604. The number of benzene rings is 1. The number of carbonyl (C=O) groups is 1. The Kier molecular flexibility index (Phi) is 6.97. The lowest BCUT2D eigenvalue weighted by Gasteiger charge is -2.16. The molecular weight excluding hydrogens is 491 g/mol. The van der Waals surface area contributed by atoms with Crippen LogP contribution in [0.1, 0.15) is 28.6 Å². The van der Waals surface area contributed by atoms with Crippen LogP contribution in [-0.4, -0.2) is 39.4 Å². The van der Waals surface area contributed by atoms with Gasteiger partial charge in [-0.15, -0.1) is 0 Å². The van der Waals surface area contributed by atoms with Crippen molar-refractivity contribution in [3.8, 4) is 0 Å². The number of halogens is 3. The summed E-state index contributed by atoms with van der Waals surface area (Å²) in [5.74, 6) is -0.673. The Morgan fingerprint density at radius 2 is 2.14 bits per heavy atom. The van der Waals surface area contributed by atoms with Crippen LogP contribution in [0, 0.1) is 0 Å². The molecule has 11 heteroatoms. The minimum atomic E-state index is -0.847. The van der Waals surface area contributed by atoms with Crippen molar-refractivity contribution in [3.63, 3.8) is 0 Å². The van der Waals surface area contributed by atoms with Crippen LogP contribution in [0.3, 0.4) is 0 Å². The van der Waals surface area contributed by atoms with E-state index in [9.17, 15) is 19.5 Å². The summed E-state index contributed by atoms with van der Waals surface area (Å²) >= 11 is 14.8. The minimum absolute atomic E-state index is 0.0989. The van der Waals surface area contributed by atoms with Crippen LogP contribution in [0.5, 0.6) is 0 Å². The highest BCUT2D eigenvalue weighted by atomic mass is 79.9. The Morgan fingerprint density at radius 3 is 2.79 bits per heavy atom. The molecule has 3 atom stereocenters. The van der Waals surface area contributed by atoms with Gasteiger partial charge in [-0.25, -0.2) is 9.59 Å². The Hall–Kier alpha value is -1.91. The maximum absolute atomic E-state index is 12.4. The molecule has 2 heterocycles. The number of aliphatic hydroxyl groups is 1. The van der Waals surface area contributed by atoms with Gasteiger partial charge in [0, 0.05) is 12.6 Å². The van der Waals surface area contributed by atoms with E-state index >= 15 is 0 Å². The molecule has 0 aliphatic carbocycles. The lowest BCUT2D eigenvalue weighted by atomic mass is 10.1. The first kappa shape index (κ1) is 21.8. The number of ether oxygens (including phenoxy) is 2. The number of hydrogen-bond donors (Lipinski definition) is 2. The van der Waals surface area contributed by atoms with E-state index < -0.39 is 42.3 Å². The average molecular weight is 506 g/mol. The van der Waals surface area contributed by atoms with Crippen LogP contribution in [-0.2, 0) is 9.47 Å². The van der Waals surface area contributed by atoms with Crippen LogP contribution in [0.25, 0.3) is 6.08 Å². The van der Waals surface area contributed by atoms with Gasteiger partial charge in [0.2, 0.25) is 0 Å². The molecule has 1 aliphatic heterocycles. The molecular formula is C18H15BrCl2N2O6. The smallest absolute Gasteiger partial charge is 0.338 e. The second kappa shape index (κ2) is 9.27. The fourth-order valence-corrected chi connectivity index (χ4v) is 3.47. The van der Waals surface area contributed by atoms with E-state index in [1.54, 1.807) is 0 Å². The zero-order chi connectivity index (χ0) is 21.1. The number of carbonyl (C=O) groups excluding carboxylic acids is 1. The number of nitrogens with zero attached hydrogens (tertiary/aromatic N) is 1. The number of esters is 1. The molecule has 8 nitrogen and oxygen atoms in total. The van der Waals surface area contributed by atoms with E-state index in [0.29, 0.717) is 5.02 Å². The van der Waals surface area contributed by atoms with Gasteiger partial charge in [-0.05, 0) is 29.3 Å². The predicted molar refractivity (Wildman–Crippen MR) is 111 cm³/mol. The average Bonchev–Trinajstić information content (AvgIpc) is 3.08. The lowest BCUT2D eigenvalue weighted by Crippen LogP contribution is -2.33. The number of aliphatic hydroxyl groups excluding tert-OH is 1. The second-order valence-electron chi connectivity index (χ2n) is 6.16. The third-order valence-corrected chi connectivity index (χ3v) is 5.33. The fraction of sp³-hybridized carbons (Fsp3) is 0.278. The van der Waals surface area contributed by atoms with Crippen LogP contribution >= 0.6 is 39.1 Å².